The number of benzene rings is 1. The van der Waals surface area contributed by atoms with E-state index >= 15 is 0 Å². The summed E-state index contributed by atoms with van der Waals surface area (Å²) in [7, 11) is 0. The van der Waals surface area contributed by atoms with E-state index in [2.05, 4.69) is 15.4 Å². The summed E-state index contributed by atoms with van der Waals surface area (Å²) in [5.41, 5.74) is 3.54. The Labute approximate surface area is 134 Å². The van der Waals surface area contributed by atoms with Gasteiger partial charge in [0.05, 0.1) is 5.69 Å². The molecule has 22 heavy (non-hydrogen) atoms. The second kappa shape index (κ2) is 7.22. The summed E-state index contributed by atoms with van der Waals surface area (Å²) in [5.74, 6) is 0.754. The average molecular weight is 320 g/mol. The third-order valence-electron chi connectivity index (χ3n) is 3.04. The lowest BCUT2D eigenvalue weighted by atomic mass is 10.2. The maximum absolute atomic E-state index is 12.0. The van der Waals surface area contributed by atoms with Crippen molar-refractivity contribution in [2.75, 3.05) is 0 Å². The van der Waals surface area contributed by atoms with Crippen LogP contribution in [0.5, 0.6) is 5.75 Å². The largest absolute Gasteiger partial charge is 0.374 e. The molecule has 1 N–H and O–H groups in total. The first-order valence-electron chi connectivity index (χ1n) is 7.11. The van der Waals surface area contributed by atoms with E-state index in [-0.39, 0.29) is 22.7 Å². The molecule has 0 aliphatic rings. The Morgan fingerprint density at radius 3 is 2.55 bits per heavy atom. The maximum atomic E-state index is 12.0. The molecule has 0 fully saturated rings. The van der Waals surface area contributed by atoms with Gasteiger partial charge in [-0.1, -0.05) is 50.6 Å². The average Bonchev–Trinajstić information content (AvgIpc) is 2.53. The fourth-order valence-corrected chi connectivity index (χ4v) is 2.06. The molecule has 0 spiro atoms. The van der Waals surface area contributed by atoms with Crippen molar-refractivity contribution in [3.8, 4) is 5.75 Å². The van der Waals surface area contributed by atoms with Crippen LogP contribution in [0.4, 0.5) is 0 Å². The summed E-state index contributed by atoms with van der Waals surface area (Å²) >= 11 is 6.16. The number of nitrogens with zero attached hydrogens (tertiary/aromatic N) is 2. The zero-order valence-electron chi connectivity index (χ0n) is 12.8. The molecule has 0 atom stereocenters. The number of aryl methyl sites for hydroxylation is 1. The second-order valence-electron chi connectivity index (χ2n) is 5.06. The number of rotatable bonds is 5. The minimum absolute atomic E-state index is 0.163. The van der Waals surface area contributed by atoms with Crippen LogP contribution >= 0.6 is 11.6 Å². The van der Waals surface area contributed by atoms with E-state index in [0.29, 0.717) is 23.5 Å². The maximum Gasteiger partial charge on any atom is 0.283 e. The number of aromatic nitrogens is 2. The van der Waals surface area contributed by atoms with Crippen molar-refractivity contribution in [3.63, 3.8) is 0 Å². The number of amides is 1. The van der Waals surface area contributed by atoms with Crippen LogP contribution < -0.4 is 10.3 Å². The van der Waals surface area contributed by atoms with Crippen LogP contribution in [0, 0.1) is 0 Å². The van der Waals surface area contributed by atoms with Gasteiger partial charge in [0.1, 0.15) is 5.82 Å². The number of nitrogens with one attached hydrogen (secondary N) is 1. The van der Waals surface area contributed by atoms with Gasteiger partial charge in [-0.05, 0) is 18.6 Å². The Balaban J connectivity index is 2.17. The molecule has 1 aromatic heterocycles. The first-order chi connectivity index (χ1) is 10.5. The van der Waals surface area contributed by atoms with Gasteiger partial charge in [0.15, 0.2) is 5.15 Å². The monoisotopic (exact) mass is 319 g/mol. The standard InChI is InChI=1S/C16H18ClN3O2/c1-4-12-13(14(17)19-15(18-12)10(2)3)22-20-16(21)11-8-6-5-7-9-11/h5-10H,4H2,1-3H3,(H,20,21). The fraction of sp³-hybridized carbons (Fsp3) is 0.312. The molecule has 1 amide bonds. The smallest absolute Gasteiger partial charge is 0.283 e. The first kappa shape index (κ1) is 16.2. The van der Waals surface area contributed by atoms with Crippen molar-refractivity contribution in [3.05, 3.63) is 52.6 Å². The second-order valence-corrected chi connectivity index (χ2v) is 5.41. The number of halogens is 1. The molecule has 0 aliphatic carbocycles. The van der Waals surface area contributed by atoms with Gasteiger partial charge in [0.25, 0.3) is 5.91 Å². The highest BCUT2D eigenvalue weighted by atomic mass is 35.5. The summed E-state index contributed by atoms with van der Waals surface area (Å²) in [4.78, 5) is 26.0. The van der Waals surface area contributed by atoms with Crippen molar-refractivity contribution in [2.24, 2.45) is 0 Å². The van der Waals surface area contributed by atoms with Gasteiger partial charge < -0.3 is 4.84 Å². The predicted molar refractivity (Wildman–Crippen MR) is 85.0 cm³/mol. The number of hydroxylamine groups is 1. The minimum Gasteiger partial charge on any atom is -0.374 e. The van der Waals surface area contributed by atoms with Gasteiger partial charge in [0, 0.05) is 11.5 Å². The van der Waals surface area contributed by atoms with Crippen molar-refractivity contribution >= 4 is 17.5 Å². The third-order valence-corrected chi connectivity index (χ3v) is 3.30. The molecule has 0 aliphatic heterocycles. The Bertz CT molecular complexity index is 660. The Morgan fingerprint density at radius 2 is 1.95 bits per heavy atom. The van der Waals surface area contributed by atoms with Crippen molar-refractivity contribution < 1.29 is 9.63 Å². The topological polar surface area (TPSA) is 64.1 Å². The molecule has 0 saturated carbocycles. The molecule has 2 rings (SSSR count). The zero-order valence-corrected chi connectivity index (χ0v) is 13.5. The summed E-state index contributed by atoms with van der Waals surface area (Å²) < 4.78 is 0. The molecular weight excluding hydrogens is 302 g/mol. The quantitative estimate of drug-likeness (QED) is 0.676. The van der Waals surface area contributed by atoms with Gasteiger partial charge >= 0.3 is 0 Å². The molecule has 1 aromatic carbocycles. The first-order valence-corrected chi connectivity index (χ1v) is 7.49. The third kappa shape index (κ3) is 3.74. The molecule has 2 aromatic rings. The van der Waals surface area contributed by atoms with Crippen LogP contribution in [0.15, 0.2) is 30.3 Å². The Hall–Kier alpha value is -2.14. The zero-order chi connectivity index (χ0) is 16.1. The van der Waals surface area contributed by atoms with Gasteiger partial charge in [-0.25, -0.2) is 9.97 Å². The van der Waals surface area contributed by atoms with Gasteiger partial charge in [-0.2, -0.15) is 5.48 Å². The highest BCUT2D eigenvalue weighted by Gasteiger charge is 2.17. The summed E-state index contributed by atoms with van der Waals surface area (Å²) in [6.45, 7) is 5.92. The number of carbonyl (C=O) groups is 1. The molecule has 0 saturated heterocycles. The molecular formula is C16H18ClN3O2. The summed E-state index contributed by atoms with van der Waals surface area (Å²) in [6, 6.07) is 8.78. The van der Waals surface area contributed by atoms with E-state index in [4.69, 9.17) is 16.4 Å². The van der Waals surface area contributed by atoms with Crippen molar-refractivity contribution in [1.29, 1.82) is 0 Å². The van der Waals surface area contributed by atoms with Crippen LogP contribution in [-0.2, 0) is 6.42 Å². The summed E-state index contributed by atoms with van der Waals surface area (Å²) in [6.07, 6.45) is 0.624. The lowest BCUT2D eigenvalue weighted by Crippen LogP contribution is -2.28. The fourth-order valence-electron chi connectivity index (χ4n) is 1.83. The van der Waals surface area contributed by atoms with E-state index in [9.17, 15) is 4.79 Å². The summed E-state index contributed by atoms with van der Waals surface area (Å²) in [5, 5.41) is 0.198. The Kier molecular flexibility index (Phi) is 5.33. The van der Waals surface area contributed by atoms with Gasteiger partial charge in [-0.3, -0.25) is 4.79 Å². The van der Waals surface area contributed by atoms with Crippen LogP contribution in [-0.4, -0.2) is 15.9 Å². The number of hydrogen-bond acceptors (Lipinski definition) is 4. The van der Waals surface area contributed by atoms with E-state index in [1.54, 1.807) is 24.3 Å². The van der Waals surface area contributed by atoms with Crippen molar-refractivity contribution in [1.82, 2.24) is 15.4 Å². The molecule has 116 valence electrons. The lowest BCUT2D eigenvalue weighted by molar-refractivity contribution is 0.0756. The Morgan fingerprint density at radius 1 is 1.27 bits per heavy atom. The van der Waals surface area contributed by atoms with E-state index < -0.39 is 0 Å². The highest BCUT2D eigenvalue weighted by Crippen LogP contribution is 2.27. The molecule has 1 heterocycles. The van der Waals surface area contributed by atoms with Crippen LogP contribution in [0.1, 0.15) is 48.6 Å². The SMILES string of the molecule is CCc1nc(C(C)C)nc(Cl)c1ONC(=O)c1ccccc1. The highest BCUT2D eigenvalue weighted by molar-refractivity contribution is 6.30. The van der Waals surface area contributed by atoms with Gasteiger partial charge in [-0.15, -0.1) is 0 Å². The van der Waals surface area contributed by atoms with Crippen LogP contribution in [0.2, 0.25) is 5.15 Å². The number of carbonyl (C=O) groups excluding carboxylic acids is 1. The molecule has 6 heteroatoms. The lowest BCUT2D eigenvalue weighted by Gasteiger charge is -2.13. The van der Waals surface area contributed by atoms with E-state index in [0.717, 1.165) is 0 Å². The normalized spacial score (nSPS) is 10.6. The number of hydrogen-bond donors (Lipinski definition) is 1. The molecule has 0 unspecified atom stereocenters. The molecule has 5 nitrogen and oxygen atoms in total. The molecule has 0 bridgehead atoms. The predicted octanol–water partition coefficient (Wildman–Crippen LogP) is 3.54. The van der Waals surface area contributed by atoms with Crippen LogP contribution in [0.3, 0.4) is 0 Å². The molecule has 0 radical (unpaired) electrons. The van der Waals surface area contributed by atoms with E-state index in [1.807, 2.05) is 26.8 Å². The van der Waals surface area contributed by atoms with Gasteiger partial charge in [0.2, 0.25) is 5.75 Å². The van der Waals surface area contributed by atoms with Crippen molar-refractivity contribution in [2.45, 2.75) is 33.1 Å². The van der Waals surface area contributed by atoms with Crippen LogP contribution in [0.25, 0.3) is 0 Å². The minimum atomic E-state index is -0.355. The van der Waals surface area contributed by atoms with E-state index in [1.165, 1.54) is 0 Å².